The lowest BCUT2D eigenvalue weighted by molar-refractivity contribution is -0.132. The second-order valence-corrected chi connectivity index (χ2v) is 10.7. The van der Waals surface area contributed by atoms with Crippen molar-refractivity contribution in [3.63, 3.8) is 0 Å². The molecule has 2 bridgehead atoms. The minimum absolute atomic E-state index is 0.204. The highest BCUT2D eigenvalue weighted by Crippen LogP contribution is 2.38. The van der Waals surface area contributed by atoms with Crippen LogP contribution in [0, 0.1) is 11.8 Å². The Hall–Kier alpha value is -2.71. The molecule has 1 amide bonds. The molecule has 8 heteroatoms. The number of carbonyl (C=O) groups excluding carboxylic acids is 1. The first-order valence-electron chi connectivity index (χ1n) is 11.7. The van der Waals surface area contributed by atoms with E-state index in [1.165, 1.54) is 16.9 Å². The first-order chi connectivity index (χ1) is 16.0. The number of hydrogen-bond acceptors (Lipinski definition) is 7. The van der Waals surface area contributed by atoms with E-state index in [1.54, 1.807) is 18.3 Å². The van der Waals surface area contributed by atoms with Gasteiger partial charge in [-0.3, -0.25) is 9.69 Å². The Kier molecular flexibility index (Phi) is 5.22. The predicted octanol–water partition coefficient (Wildman–Crippen LogP) is 5.02. The number of ether oxygens (including phenoxy) is 1. The average molecular weight is 465 g/mol. The molecule has 4 aliphatic rings. The van der Waals surface area contributed by atoms with Crippen LogP contribution in [0.25, 0.3) is 11.0 Å². The molecule has 7 nitrogen and oxygen atoms in total. The smallest absolute Gasteiger partial charge is 0.281 e. The minimum atomic E-state index is 0.204. The Bertz CT molecular complexity index is 1230. The van der Waals surface area contributed by atoms with Crippen LogP contribution >= 0.6 is 11.3 Å². The van der Waals surface area contributed by atoms with E-state index in [4.69, 9.17) is 9.15 Å². The van der Waals surface area contributed by atoms with E-state index in [2.05, 4.69) is 32.8 Å². The number of aromatic nitrogens is 1. The van der Waals surface area contributed by atoms with Crippen LogP contribution in [0.5, 0.6) is 10.9 Å². The van der Waals surface area contributed by atoms with Gasteiger partial charge in [-0.2, -0.15) is 4.98 Å². The summed E-state index contributed by atoms with van der Waals surface area (Å²) in [5.74, 6) is 2.70. The van der Waals surface area contributed by atoms with Crippen LogP contribution in [-0.2, 0) is 17.8 Å². The molecule has 3 atom stereocenters. The monoisotopic (exact) mass is 464 g/mol. The van der Waals surface area contributed by atoms with Gasteiger partial charge in [-0.05, 0) is 43.2 Å². The molecule has 2 aromatic heterocycles. The number of amides is 1. The Labute approximate surface area is 197 Å². The Morgan fingerprint density at radius 2 is 2.18 bits per heavy atom. The van der Waals surface area contributed by atoms with E-state index in [1.807, 2.05) is 24.6 Å². The molecule has 4 aliphatic heterocycles. The fourth-order valence-corrected chi connectivity index (χ4v) is 6.44. The fraction of sp³-hybridized carbons (Fsp3) is 0.480. The Balaban J connectivity index is 1.18. The number of furan rings is 1. The lowest BCUT2D eigenvalue weighted by Crippen LogP contribution is -2.46. The van der Waals surface area contributed by atoms with E-state index in [0.29, 0.717) is 23.1 Å². The molecule has 172 valence electrons. The Morgan fingerprint density at radius 1 is 1.27 bits per heavy atom. The first kappa shape index (κ1) is 20.9. The van der Waals surface area contributed by atoms with Crippen molar-refractivity contribution in [1.82, 2.24) is 14.8 Å². The van der Waals surface area contributed by atoms with E-state index in [9.17, 15) is 4.79 Å². The first-order valence-corrected chi connectivity index (χ1v) is 12.5. The maximum atomic E-state index is 12.0. The second kappa shape index (κ2) is 8.25. The van der Waals surface area contributed by atoms with Crippen LogP contribution in [0.15, 0.2) is 33.9 Å². The summed E-state index contributed by atoms with van der Waals surface area (Å²) in [6.07, 6.45) is 7.10. The van der Waals surface area contributed by atoms with Gasteiger partial charge in [0.1, 0.15) is 11.3 Å². The minimum Gasteiger partial charge on any atom is -0.464 e. The van der Waals surface area contributed by atoms with Gasteiger partial charge in [0.2, 0.25) is 5.91 Å². The molecular formula is C25H28N4O3S. The number of rotatable bonds is 4. The van der Waals surface area contributed by atoms with Crippen molar-refractivity contribution >= 4 is 40.2 Å². The molecule has 0 N–H and O–H groups in total. The molecule has 33 heavy (non-hydrogen) atoms. The normalized spacial score (nSPS) is 24.8. The molecule has 1 unspecified atom stereocenters. The third-order valence-electron chi connectivity index (χ3n) is 7.04. The van der Waals surface area contributed by atoms with Crippen molar-refractivity contribution in [2.24, 2.45) is 16.8 Å². The van der Waals surface area contributed by atoms with Crippen molar-refractivity contribution < 1.29 is 13.9 Å². The van der Waals surface area contributed by atoms with Gasteiger partial charge in [0, 0.05) is 62.4 Å². The average Bonchev–Trinajstić information content (AvgIpc) is 3.24. The summed E-state index contributed by atoms with van der Waals surface area (Å²) in [7, 11) is 0. The number of nitrogens with zero attached hydrogens (tertiary/aromatic N) is 4. The summed E-state index contributed by atoms with van der Waals surface area (Å²) in [5.41, 5.74) is 2.00. The third-order valence-corrected chi connectivity index (χ3v) is 7.98. The molecule has 0 aliphatic carbocycles. The third kappa shape index (κ3) is 4.06. The SMILES string of the molecule is CC(=O)N1C[C@@H]2CC[C@H]1CN(Cc1coc3cc(Oc4nc5c(s4)CC(C)C=N5)ccc13)C2. The molecule has 7 rings (SSSR count). The highest BCUT2D eigenvalue weighted by atomic mass is 32.1. The van der Waals surface area contributed by atoms with Gasteiger partial charge < -0.3 is 14.1 Å². The van der Waals surface area contributed by atoms with Gasteiger partial charge in [-0.1, -0.05) is 18.3 Å². The quantitative estimate of drug-likeness (QED) is 0.542. The van der Waals surface area contributed by atoms with Crippen molar-refractivity contribution in [2.45, 2.75) is 45.7 Å². The highest BCUT2D eigenvalue weighted by molar-refractivity contribution is 7.13. The zero-order chi connectivity index (χ0) is 22.5. The number of fused-ring (bicyclic) bond motifs is 6. The van der Waals surface area contributed by atoms with Crippen LogP contribution < -0.4 is 4.74 Å². The predicted molar refractivity (Wildman–Crippen MR) is 129 cm³/mol. The Morgan fingerprint density at radius 3 is 3.06 bits per heavy atom. The molecule has 6 heterocycles. The zero-order valence-electron chi connectivity index (χ0n) is 19.0. The van der Waals surface area contributed by atoms with Crippen LogP contribution in [-0.4, -0.2) is 52.6 Å². The summed E-state index contributed by atoms with van der Waals surface area (Å²) < 4.78 is 12.0. The number of piperidine rings is 1. The molecule has 3 saturated heterocycles. The number of aliphatic imine (C=N–C) groups is 1. The van der Waals surface area contributed by atoms with Crippen molar-refractivity contribution in [3.05, 3.63) is 34.9 Å². The van der Waals surface area contributed by atoms with Gasteiger partial charge in [-0.15, -0.1) is 0 Å². The summed E-state index contributed by atoms with van der Waals surface area (Å²) in [6.45, 7) is 7.55. The van der Waals surface area contributed by atoms with Gasteiger partial charge in [0.25, 0.3) is 5.19 Å². The van der Waals surface area contributed by atoms with Crippen molar-refractivity contribution in [1.29, 1.82) is 0 Å². The molecule has 1 aromatic carbocycles. The van der Waals surface area contributed by atoms with Gasteiger partial charge >= 0.3 is 0 Å². The van der Waals surface area contributed by atoms with E-state index >= 15 is 0 Å². The summed E-state index contributed by atoms with van der Waals surface area (Å²) in [4.78, 5) is 26.7. The van der Waals surface area contributed by atoms with Crippen LogP contribution in [0.4, 0.5) is 5.82 Å². The summed E-state index contributed by atoms with van der Waals surface area (Å²) in [6, 6.07) is 6.33. The topological polar surface area (TPSA) is 71.2 Å². The molecule has 0 spiro atoms. The maximum Gasteiger partial charge on any atom is 0.281 e. The van der Waals surface area contributed by atoms with Gasteiger partial charge in [0.15, 0.2) is 5.82 Å². The lowest BCUT2D eigenvalue weighted by Gasteiger charge is -2.35. The van der Waals surface area contributed by atoms with E-state index in [-0.39, 0.29) is 5.91 Å². The zero-order valence-corrected chi connectivity index (χ0v) is 19.8. The highest BCUT2D eigenvalue weighted by Gasteiger charge is 2.36. The maximum absolute atomic E-state index is 12.0. The number of hydrogen-bond donors (Lipinski definition) is 0. The largest absolute Gasteiger partial charge is 0.464 e. The second-order valence-electron chi connectivity index (χ2n) is 9.67. The van der Waals surface area contributed by atoms with Crippen molar-refractivity contribution in [2.75, 3.05) is 19.6 Å². The van der Waals surface area contributed by atoms with Crippen LogP contribution in [0.3, 0.4) is 0 Å². The molecule has 0 saturated carbocycles. The van der Waals surface area contributed by atoms with E-state index in [0.717, 1.165) is 61.6 Å². The molecule has 0 radical (unpaired) electrons. The van der Waals surface area contributed by atoms with Crippen LogP contribution in [0.1, 0.15) is 37.1 Å². The van der Waals surface area contributed by atoms with Gasteiger partial charge in [0.05, 0.1) is 11.1 Å². The number of thiazole rings is 1. The summed E-state index contributed by atoms with van der Waals surface area (Å²) >= 11 is 1.57. The summed E-state index contributed by atoms with van der Waals surface area (Å²) in [5, 5.41) is 1.73. The van der Waals surface area contributed by atoms with Crippen molar-refractivity contribution in [3.8, 4) is 10.9 Å². The number of benzene rings is 1. The molecule has 3 aromatic rings. The number of carbonyl (C=O) groups is 1. The molecule has 3 fully saturated rings. The van der Waals surface area contributed by atoms with E-state index < -0.39 is 0 Å². The van der Waals surface area contributed by atoms with Crippen LogP contribution in [0.2, 0.25) is 0 Å². The fourth-order valence-electron chi connectivity index (χ4n) is 5.43. The van der Waals surface area contributed by atoms with Gasteiger partial charge in [-0.25, -0.2) is 4.99 Å². The standard InChI is InChI=1S/C25H28N4O3S/c1-15-7-23-24(26-9-15)27-25(33-23)32-20-5-6-21-18(14-31-22(21)8-20)12-28-10-17-3-4-19(13-28)29(11-17)16(2)30/h5-6,8-9,14-15,17,19H,3-4,7,10-13H2,1-2H3/t15?,17-,19+/m1/s1. The molecular weight excluding hydrogens is 436 g/mol. The lowest BCUT2D eigenvalue weighted by atomic mass is 9.95.